The van der Waals surface area contributed by atoms with Crippen molar-refractivity contribution in [2.24, 2.45) is 4.99 Å². The third-order valence-electron chi connectivity index (χ3n) is 26.7. The molecule has 0 amide bonds. The summed E-state index contributed by atoms with van der Waals surface area (Å²) >= 11 is 0. The van der Waals surface area contributed by atoms with Crippen LogP contribution in [0.4, 0.5) is 11.4 Å². The molecular formula is C133H151CoMn2N2O4P4-. The zero-order valence-corrected chi connectivity index (χ0v) is 95.9. The maximum absolute atomic E-state index is 7.50. The van der Waals surface area contributed by atoms with Gasteiger partial charge < -0.3 is 5.32 Å². The molecule has 1 heterocycles. The van der Waals surface area contributed by atoms with Gasteiger partial charge >= 0.3 is 45.2 Å². The Kier molecular flexibility index (Phi) is 65.2. The molecule has 0 unspecified atom stereocenters. The van der Waals surface area contributed by atoms with Gasteiger partial charge in [0.15, 0.2) is 0 Å². The first-order valence-corrected chi connectivity index (χ1v) is 59.0. The number of nitrogens with zero attached hydrogens (tertiary/aromatic N) is 2. The van der Waals surface area contributed by atoms with E-state index >= 15 is 0 Å². The van der Waals surface area contributed by atoms with Gasteiger partial charge in [0.1, 0.15) is 0 Å². The monoisotopic (exact) mass is 2130 g/mol. The molecule has 3 fully saturated rings. The van der Waals surface area contributed by atoms with Gasteiger partial charge in [0.05, 0.1) is 5.69 Å². The van der Waals surface area contributed by atoms with E-state index in [0.29, 0.717) is 0 Å². The van der Waals surface area contributed by atoms with Crippen molar-refractivity contribution in [2.45, 2.75) is 290 Å². The largest absolute Gasteiger partial charge is 0 e. The fourth-order valence-electron chi connectivity index (χ4n) is 18.7. The normalized spacial score (nSPS) is 14.0. The molecule has 13 heteroatoms. The van der Waals surface area contributed by atoms with E-state index in [4.69, 9.17) is 18.6 Å². The smallest absolute Gasteiger partial charge is 0 e. The molecular weight excluding hydrogens is 1980 g/mol. The van der Waals surface area contributed by atoms with Crippen LogP contribution in [0.2, 0.25) is 0 Å². The summed E-state index contributed by atoms with van der Waals surface area (Å²) in [5, 5.41) is 4.51. The maximum atomic E-state index is 7.50. The van der Waals surface area contributed by atoms with Gasteiger partial charge in [0.25, 0.3) is 0 Å². The van der Waals surface area contributed by atoms with Crippen molar-refractivity contribution in [3.8, 4) is 0 Å². The summed E-state index contributed by atoms with van der Waals surface area (Å²) in [6.07, 6.45) is 41.0. The molecule has 0 bridgehead atoms. The first kappa shape index (κ1) is 129. The summed E-state index contributed by atoms with van der Waals surface area (Å²) in [5.74, 6) is 13.5. The predicted molar refractivity (Wildman–Crippen MR) is 610 cm³/mol. The van der Waals surface area contributed by atoms with Crippen LogP contribution >= 0.6 is 31.8 Å². The number of unbranched alkanes of at least 4 members (excludes halogenated alkanes) is 10. The Balaban J connectivity index is 0.000000388. The van der Waals surface area contributed by atoms with Crippen LogP contribution < -0.4 is 0 Å². The van der Waals surface area contributed by atoms with E-state index in [1.807, 2.05) is 6.08 Å². The summed E-state index contributed by atoms with van der Waals surface area (Å²) in [6.45, 7) is 49.1. The molecule has 12 aromatic carbocycles. The Morgan fingerprint density at radius 1 is 0.219 bits per heavy atom. The molecule has 15 rings (SSSR count). The summed E-state index contributed by atoms with van der Waals surface area (Å²) in [7, 11) is 6.44. The van der Waals surface area contributed by atoms with Gasteiger partial charge in [-0.1, -0.05) is 430 Å². The Hall–Kier alpha value is -7.92. The predicted octanol–water partition coefficient (Wildman–Crippen LogP) is 38.8. The molecule has 6 nitrogen and oxygen atoms in total. The average Bonchev–Trinajstić information content (AvgIpc) is 1.57. The first-order valence-electron chi connectivity index (χ1n) is 52.6. The molecule has 0 atom stereocenters. The van der Waals surface area contributed by atoms with Crippen LogP contribution in [0.1, 0.15) is 331 Å². The van der Waals surface area contributed by atoms with Crippen LogP contribution in [0.15, 0.2) is 296 Å². The standard InChI is InChI=1S/2C55H65.C19H21N2.4CO.Co.2Mn.P4/c2*1-6-11-16-41-21-31-46(32-22-41)51-52(47-33-23-42(24-34-47)17-12-7-2)54(49-37-27-44(28-38-49)19-14-9-4)55(50-39-29-45(30-40-50)20-15-10-5)53(51)48-35-25-43(26-36-48)18-13-8-3;1-14-8-5-9-15(2)18(14)20-12-7-13-21-19-16(3)10-6-11-17(19)4;4*1-2;;;;1-2-4-3-1/h2*21-40H,6-20H2,1-5H3;5-13H,1-4H3;;;;;;;;/q;;-1;;;;;;;;/b;;12-7-,21-13?;;;;;;;;. The number of allylic oxidation sites excluding steroid dienone is 1. The molecule has 17 radical (unpaired) electrons. The van der Waals surface area contributed by atoms with Gasteiger partial charge in [0.2, 0.25) is 0 Å². The third-order valence-corrected chi connectivity index (χ3v) is 39.5. The number of hydrogen-bond donors (Lipinski definition) is 0. The van der Waals surface area contributed by atoms with Crippen molar-refractivity contribution < 1.29 is 69.5 Å². The SMILES string of the molecule is CCCCc1ccc([C]2[C](c3ccc(CCCC)cc3)[C](c3ccc(CCCC)cc3)[C](c3ccc(CCCC)cc3)[C]2c2ccc(CCCC)cc2)cc1.CCCCc1ccc([C]2[C](c3ccc(CCCC)cc3)[C](c3ccc(CCCC)cc3)[C](c3ccc(CCCC)cc3)[C]2c2ccc(CCCC)cc2)cc1.Cc1cccc(C)c1N=C/C=C\[N-]c1c(C)cccc1C.[C-]#[O+].[C-]#[O+].[C-]#[O+].[C-]#[O+].[Co].[Mn].[Mn].[P]1[P][P][P]1. The van der Waals surface area contributed by atoms with Crippen molar-refractivity contribution >= 4 is 49.4 Å². The summed E-state index contributed by atoms with van der Waals surface area (Å²) in [6, 6.07) is 108. The van der Waals surface area contributed by atoms with Crippen LogP contribution in [0.3, 0.4) is 0 Å². The number of aliphatic imine (C=N–C) groups is 1. The van der Waals surface area contributed by atoms with E-state index in [-0.39, 0.29) is 50.9 Å². The number of para-hydroxylation sites is 2. The van der Waals surface area contributed by atoms with Gasteiger partial charge in [-0.3, -0.25) is 4.99 Å². The van der Waals surface area contributed by atoms with Crippen molar-refractivity contribution in [1.29, 1.82) is 0 Å². The number of benzene rings is 12. The van der Waals surface area contributed by atoms with E-state index in [9.17, 15) is 0 Å². The van der Waals surface area contributed by atoms with Crippen molar-refractivity contribution in [1.82, 2.24) is 0 Å². The van der Waals surface area contributed by atoms with Crippen LogP contribution in [-0.2, 0) is 134 Å². The van der Waals surface area contributed by atoms with Crippen molar-refractivity contribution in [3.63, 3.8) is 0 Å². The number of hydrogen-bond acceptors (Lipinski definition) is 1. The van der Waals surface area contributed by atoms with Crippen LogP contribution in [0, 0.1) is 113 Å². The average molecular weight is 2130 g/mol. The van der Waals surface area contributed by atoms with Gasteiger partial charge in [0, 0.05) is 148 Å². The Morgan fingerprint density at radius 2 is 0.356 bits per heavy atom. The van der Waals surface area contributed by atoms with Crippen LogP contribution in [0.5, 0.6) is 0 Å². The molecule has 761 valence electrons. The zero-order valence-electron chi connectivity index (χ0n) is 88.9. The Bertz CT molecular complexity index is 4680. The van der Waals surface area contributed by atoms with Crippen LogP contribution in [0.25, 0.3) is 5.32 Å². The molecule has 0 N–H and O–H groups in total. The number of rotatable bonds is 44. The maximum Gasteiger partial charge on any atom is 0 e. The topological polar surface area (TPSA) is 106 Å². The minimum absolute atomic E-state index is 0. The third kappa shape index (κ3) is 39.1. The summed E-state index contributed by atoms with van der Waals surface area (Å²) < 4.78 is 30.0. The molecule has 0 aromatic heterocycles. The van der Waals surface area contributed by atoms with E-state index < -0.39 is 0 Å². The van der Waals surface area contributed by atoms with Crippen LogP contribution in [-0.4, -0.2) is 6.21 Å². The summed E-state index contributed by atoms with van der Waals surface area (Å²) in [4.78, 5) is 4.51. The van der Waals surface area contributed by atoms with Crippen molar-refractivity contribution in [2.75, 3.05) is 0 Å². The quantitative estimate of drug-likeness (QED) is 0.0119. The second-order valence-corrected chi connectivity index (χ2v) is 46.6. The van der Waals surface area contributed by atoms with Gasteiger partial charge in [-0.15, -0.1) is 5.69 Å². The minimum atomic E-state index is 0. The molecule has 146 heavy (non-hydrogen) atoms. The molecule has 1 saturated heterocycles. The van der Waals surface area contributed by atoms with Gasteiger partial charge in [-0.2, -0.15) is 6.20 Å². The molecule has 2 saturated carbocycles. The molecule has 2 aliphatic carbocycles. The Labute approximate surface area is 921 Å². The minimum Gasteiger partial charge on any atom is 0 e. The summed E-state index contributed by atoms with van der Waals surface area (Å²) in [5.41, 5.74) is 34.0. The fraction of sp³-hybridized carbons (Fsp3) is 0.331. The van der Waals surface area contributed by atoms with Gasteiger partial charge in [-0.25, -0.2) is 0 Å². The van der Waals surface area contributed by atoms with E-state index in [1.54, 1.807) is 44.2 Å². The molecule has 0 spiro atoms. The van der Waals surface area contributed by atoms with E-state index in [2.05, 4.69) is 413 Å². The fourth-order valence-corrected chi connectivity index (χ4v) is 21.9. The zero-order chi connectivity index (χ0) is 103. The van der Waals surface area contributed by atoms with E-state index in [1.165, 1.54) is 321 Å². The second kappa shape index (κ2) is 74.1. The second-order valence-electron chi connectivity index (χ2n) is 37.3. The van der Waals surface area contributed by atoms with E-state index in [0.717, 1.165) is 75.6 Å². The molecule has 1 aliphatic heterocycles. The molecule has 3 aliphatic rings. The Morgan fingerprint density at radius 3 is 0.486 bits per heavy atom. The van der Waals surface area contributed by atoms with Crippen molar-refractivity contribution in [3.05, 3.63) is 516 Å². The molecule has 12 aromatic rings. The first-order chi connectivity index (χ1) is 70.2. The van der Waals surface area contributed by atoms with Gasteiger partial charge in [-0.05, 0) is 279 Å². The number of aryl methyl sites for hydroxylation is 14.